The number of aromatic amines is 1. The fourth-order valence-electron chi connectivity index (χ4n) is 2.31. The summed E-state index contributed by atoms with van der Waals surface area (Å²) in [6.07, 6.45) is -0.0942. The number of carboxylic acids is 1. The Morgan fingerprint density at radius 1 is 1.17 bits per heavy atom. The molecular weight excluding hydrogens is 322 g/mol. The molecule has 0 saturated heterocycles. The lowest BCUT2D eigenvalue weighted by atomic mass is 10.1. The van der Waals surface area contributed by atoms with Crippen molar-refractivity contribution in [1.29, 1.82) is 0 Å². The third-order valence-electron chi connectivity index (χ3n) is 3.56. The molecule has 24 heavy (non-hydrogen) atoms. The summed E-state index contributed by atoms with van der Waals surface area (Å²) in [6.45, 7) is 2.02. The van der Waals surface area contributed by atoms with E-state index in [9.17, 15) is 9.90 Å². The molecule has 0 aliphatic heterocycles. The van der Waals surface area contributed by atoms with Gasteiger partial charge in [-0.2, -0.15) is 0 Å². The number of hydrogen-bond donors (Lipinski definition) is 1. The van der Waals surface area contributed by atoms with Gasteiger partial charge in [0, 0.05) is 23.2 Å². The maximum absolute atomic E-state index is 11.1. The average Bonchev–Trinajstić information content (AvgIpc) is 3.04. The maximum Gasteiger partial charge on any atom is 0.209 e. The topological polar surface area (TPSA) is 81.7 Å². The number of nitrogens with one attached hydrogen (secondary N) is 1. The molecule has 1 atom stereocenters. The number of carboxylic acid groups (broad SMARTS) is 1. The van der Waals surface area contributed by atoms with Crippen LogP contribution in [0.3, 0.4) is 0 Å². The van der Waals surface area contributed by atoms with Crippen LogP contribution < -0.4 is 5.11 Å². The summed E-state index contributed by atoms with van der Waals surface area (Å²) in [5.41, 5.74) is 3.02. The smallest absolute Gasteiger partial charge is 0.209 e. The van der Waals surface area contributed by atoms with Gasteiger partial charge in [-0.25, -0.2) is 4.98 Å². The number of thioether (sulfide) groups is 1. The van der Waals surface area contributed by atoms with Gasteiger partial charge >= 0.3 is 0 Å². The number of hydrogen-bond acceptors (Lipinski definition) is 5. The van der Waals surface area contributed by atoms with Gasteiger partial charge in [0.05, 0.1) is 0 Å². The third-order valence-corrected chi connectivity index (χ3v) is 4.68. The molecule has 3 rings (SSSR count). The molecule has 0 aliphatic carbocycles. The Morgan fingerprint density at radius 2 is 1.88 bits per heavy atom. The van der Waals surface area contributed by atoms with Crippen LogP contribution in [0.5, 0.6) is 0 Å². The van der Waals surface area contributed by atoms with Crippen LogP contribution in [0.2, 0.25) is 0 Å². The van der Waals surface area contributed by atoms with E-state index in [1.807, 2.05) is 61.5 Å². The Balaban J connectivity index is 1.80. The summed E-state index contributed by atoms with van der Waals surface area (Å²) in [4.78, 5) is 15.5. The van der Waals surface area contributed by atoms with Gasteiger partial charge < -0.3 is 9.90 Å². The van der Waals surface area contributed by atoms with Crippen LogP contribution in [0.25, 0.3) is 11.4 Å². The van der Waals surface area contributed by atoms with Gasteiger partial charge in [-0.1, -0.05) is 71.9 Å². The van der Waals surface area contributed by atoms with Gasteiger partial charge in [0.1, 0.15) is 0 Å². The van der Waals surface area contributed by atoms with Crippen molar-refractivity contribution in [3.8, 4) is 11.4 Å². The molecule has 0 saturated carbocycles. The molecule has 122 valence electrons. The summed E-state index contributed by atoms with van der Waals surface area (Å²) in [6, 6.07) is 17.4. The van der Waals surface area contributed by atoms with Crippen LogP contribution in [0.15, 0.2) is 59.8 Å². The Morgan fingerprint density at radius 3 is 2.54 bits per heavy atom. The number of aryl methyl sites for hydroxylation is 1. The second-order valence-corrected chi connectivity index (χ2v) is 6.60. The van der Waals surface area contributed by atoms with Gasteiger partial charge in [0.2, 0.25) is 5.16 Å². The molecule has 1 heterocycles. The van der Waals surface area contributed by atoms with Gasteiger partial charge in [0.15, 0.2) is 5.82 Å². The average molecular weight is 338 g/mol. The van der Waals surface area contributed by atoms with E-state index in [4.69, 9.17) is 0 Å². The standard InChI is InChI=1S/C18H17N3O2S/c1-12-7-9-14(10-8-12)17-19-18(21-20-17)24-15(11-16(22)23)13-5-3-2-4-6-13/h2-10,15H,11H2,1H3,(H,22,23)(H,19,20,21)/p-1. The van der Waals surface area contributed by atoms with Gasteiger partial charge in [-0.15, -0.1) is 5.10 Å². The van der Waals surface area contributed by atoms with Crippen molar-refractivity contribution >= 4 is 17.7 Å². The highest BCUT2D eigenvalue weighted by Crippen LogP contribution is 2.36. The second-order valence-electron chi connectivity index (χ2n) is 5.43. The molecular formula is C18H16N3O2S-. The van der Waals surface area contributed by atoms with Gasteiger partial charge in [0.25, 0.3) is 0 Å². The first-order valence-corrected chi connectivity index (χ1v) is 8.40. The molecule has 0 bridgehead atoms. The summed E-state index contributed by atoms with van der Waals surface area (Å²) in [5, 5.41) is 18.4. The minimum atomic E-state index is -1.09. The largest absolute Gasteiger partial charge is 0.550 e. The molecule has 1 unspecified atom stereocenters. The van der Waals surface area contributed by atoms with Crippen LogP contribution in [0, 0.1) is 6.92 Å². The summed E-state index contributed by atoms with van der Waals surface area (Å²) in [5.74, 6) is -0.427. The SMILES string of the molecule is Cc1ccc(-c2nc(SC(CC(=O)[O-])c3ccccc3)n[nH]2)cc1. The number of H-pyrrole nitrogens is 1. The van der Waals surface area contributed by atoms with E-state index in [1.54, 1.807) is 0 Å². The van der Waals surface area contributed by atoms with E-state index in [0.29, 0.717) is 11.0 Å². The van der Waals surface area contributed by atoms with Crippen molar-refractivity contribution < 1.29 is 9.90 Å². The monoisotopic (exact) mass is 338 g/mol. The molecule has 0 aliphatic rings. The van der Waals surface area contributed by atoms with Crippen molar-refractivity contribution in [2.45, 2.75) is 23.8 Å². The van der Waals surface area contributed by atoms with Crippen LogP contribution in [0.1, 0.15) is 22.8 Å². The number of nitrogens with zero attached hydrogens (tertiary/aromatic N) is 2. The van der Waals surface area contributed by atoms with E-state index in [1.165, 1.54) is 17.3 Å². The lowest BCUT2D eigenvalue weighted by Crippen LogP contribution is -2.23. The van der Waals surface area contributed by atoms with E-state index in [2.05, 4.69) is 15.2 Å². The highest BCUT2D eigenvalue weighted by molar-refractivity contribution is 7.99. The first kappa shape index (κ1) is 16.3. The van der Waals surface area contributed by atoms with Crippen LogP contribution >= 0.6 is 11.8 Å². The zero-order valence-corrected chi connectivity index (χ0v) is 13.9. The molecule has 3 aromatic rings. The zero-order chi connectivity index (χ0) is 16.9. The fourth-order valence-corrected chi connectivity index (χ4v) is 3.32. The van der Waals surface area contributed by atoms with Crippen molar-refractivity contribution in [2.75, 3.05) is 0 Å². The molecule has 0 fully saturated rings. The van der Waals surface area contributed by atoms with Gasteiger partial charge in [-0.3, -0.25) is 5.10 Å². The number of rotatable bonds is 6. The van der Waals surface area contributed by atoms with Crippen LogP contribution in [0.4, 0.5) is 0 Å². The lowest BCUT2D eigenvalue weighted by molar-refractivity contribution is -0.305. The van der Waals surface area contributed by atoms with E-state index in [0.717, 1.165) is 11.1 Å². The molecule has 1 N–H and O–H groups in total. The van der Waals surface area contributed by atoms with Crippen molar-refractivity contribution in [1.82, 2.24) is 15.2 Å². The zero-order valence-electron chi connectivity index (χ0n) is 13.1. The second kappa shape index (κ2) is 7.31. The van der Waals surface area contributed by atoms with E-state index < -0.39 is 5.97 Å². The predicted octanol–water partition coefficient (Wildman–Crippen LogP) is 2.75. The molecule has 2 aromatic carbocycles. The fraction of sp³-hybridized carbons (Fsp3) is 0.167. The van der Waals surface area contributed by atoms with Crippen molar-refractivity contribution in [3.05, 3.63) is 65.7 Å². The molecule has 0 amide bonds. The van der Waals surface area contributed by atoms with E-state index in [-0.39, 0.29) is 11.7 Å². The molecule has 1 aromatic heterocycles. The summed E-state index contributed by atoms with van der Waals surface area (Å²) in [7, 11) is 0. The number of carbonyl (C=O) groups is 1. The first-order valence-electron chi connectivity index (χ1n) is 7.53. The predicted molar refractivity (Wildman–Crippen MR) is 91.2 cm³/mol. The van der Waals surface area contributed by atoms with Crippen LogP contribution in [-0.2, 0) is 4.79 Å². The molecule has 0 spiro atoms. The van der Waals surface area contributed by atoms with Crippen molar-refractivity contribution in [2.24, 2.45) is 0 Å². The quantitative estimate of drug-likeness (QED) is 0.699. The van der Waals surface area contributed by atoms with E-state index >= 15 is 0 Å². The Bertz CT molecular complexity index is 816. The summed E-state index contributed by atoms with van der Waals surface area (Å²) >= 11 is 1.31. The molecule has 0 radical (unpaired) electrons. The number of benzene rings is 2. The summed E-state index contributed by atoms with van der Waals surface area (Å²) < 4.78 is 0. The Labute approximate surface area is 144 Å². The van der Waals surface area contributed by atoms with Crippen molar-refractivity contribution in [3.63, 3.8) is 0 Å². The molecule has 6 heteroatoms. The number of aromatic nitrogens is 3. The molecule has 5 nitrogen and oxygen atoms in total. The van der Waals surface area contributed by atoms with Gasteiger partial charge in [-0.05, 0) is 12.5 Å². The normalized spacial score (nSPS) is 12.0. The third kappa shape index (κ3) is 4.02. The minimum absolute atomic E-state index is 0.0942. The highest BCUT2D eigenvalue weighted by Gasteiger charge is 2.17. The first-order chi connectivity index (χ1) is 11.6. The Hall–Kier alpha value is -2.60. The minimum Gasteiger partial charge on any atom is -0.550 e. The maximum atomic E-state index is 11.1. The number of carbonyl (C=O) groups excluding carboxylic acids is 1. The number of aliphatic carboxylic acids is 1. The van der Waals surface area contributed by atoms with Crippen LogP contribution in [-0.4, -0.2) is 21.2 Å². The highest BCUT2D eigenvalue weighted by atomic mass is 32.2. The Kier molecular flexibility index (Phi) is 4.96. The lowest BCUT2D eigenvalue weighted by Gasteiger charge is -2.15.